The number of nitrogens with zero attached hydrogens (tertiary/aromatic N) is 3. The molecule has 2 aromatic rings. The normalized spacial score (nSPS) is 10.4. The molecule has 0 unspecified atom stereocenters. The molecule has 5 nitrogen and oxygen atoms in total. The second-order valence-corrected chi connectivity index (χ2v) is 5.57. The second-order valence-electron chi connectivity index (χ2n) is 2.93. The van der Waals surface area contributed by atoms with Gasteiger partial charge in [-0.3, -0.25) is 0 Å². The van der Waals surface area contributed by atoms with E-state index in [-0.39, 0.29) is 5.56 Å². The highest BCUT2D eigenvalue weighted by atomic mass is 35.5. The number of carbonyl (C=O) groups is 1. The molecule has 17 heavy (non-hydrogen) atoms. The van der Waals surface area contributed by atoms with Crippen LogP contribution in [0.25, 0.3) is 0 Å². The quantitative estimate of drug-likeness (QED) is 0.871. The Hall–Kier alpha value is -1.18. The van der Waals surface area contributed by atoms with Gasteiger partial charge in [-0.2, -0.15) is 0 Å². The molecule has 0 saturated heterocycles. The summed E-state index contributed by atoms with van der Waals surface area (Å²) in [5, 5.41) is 17.8. The highest BCUT2D eigenvalue weighted by Gasteiger charge is 2.07. The van der Waals surface area contributed by atoms with Crippen LogP contribution in [0.4, 0.5) is 0 Å². The van der Waals surface area contributed by atoms with Crippen LogP contribution in [0.5, 0.6) is 0 Å². The molecule has 0 aliphatic carbocycles. The number of thioether (sulfide) groups is 1. The van der Waals surface area contributed by atoms with E-state index < -0.39 is 5.97 Å². The van der Waals surface area contributed by atoms with E-state index in [2.05, 4.69) is 15.2 Å². The molecule has 0 aromatic carbocycles. The summed E-state index contributed by atoms with van der Waals surface area (Å²) < 4.78 is 0.396. The Bertz CT molecular complexity index is 547. The summed E-state index contributed by atoms with van der Waals surface area (Å²) in [6, 6.07) is 2.98. The second kappa shape index (κ2) is 5.44. The van der Waals surface area contributed by atoms with Gasteiger partial charge in [0.1, 0.15) is 5.01 Å². The predicted octanol–water partition coefficient (Wildman–Crippen LogP) is 2.58. The SMILES string of the molecule is O=C(O)c1ccnc(SCc2nnc(Cl)s2)c1. The van der Waals surface area contributed by atoms with Crippen LogP contribution >= 0.6 is 34.7 Å². The van der Waals surface area contributed by atoms with Gasteiger partial charge in [0.05, 0.1) is 16.3 Å². The van der Waals surface area contributed by atoms with Crippen LogP contribution in [-0.2, 0) is 5.75 Å². The lowest BCUT2D eigenvalue weighted by molar-refractivity contribution is 0.0696. The van der Waals surface area contributed by atoms with Gasteiger partial charge in [-0.25, -0.2) is 9.78 Å². The number of carboxylic acid groups (broad SMARTS) is 1. The van der Waals surface area contributed by atoms with Crippen molar-refractivity contribution in [3.05, 3.63) is 33.4 Å². The molecule has 0 fully saturated rings. The summed E-state index contributed by atoms with van der Waals surface area (Å²) in [5.74, 6) is -0.395. The highest BCUT2D eigenvalue weighted by Crippen LogP contribution is 2.24. The van der Waals surface area contributed by atoms with Crippen LogP contribution in [0.1, 0.15) is 15.4 Å². The standard InChI is InChI=1S/C9H6ClN3O2S2/c10-9-13-12-7(17-9)4-16-6-3-5(8(14)15)1-2-11-6/h1-3H,4H2,(H,14,15). The lowest BCUT2D eigenvalue weighted by Crippen LogP contribution is -1.96. The monoisotopic (exact) mass is 287 g/mol. The van der Waals surface area contributed by atoms with Crippen molar-refractivity contribution < 1.29 is 9.90 Å². The zero-order chi connectivity index (χ0) is 12.3. The average molecular weight is 288 g/mol. The van der Waals surface area contributed by atoms with E-state index in [1.807, 2.05) is 0 Å². The lowest BCUT2D eigenvalue weighted by atomic mass is 10.3. The first kappa shape index (κ1) is 12.3. The molecule has 0 bridgehead atoms. The number of aromatic nitrogens is 3. The Morgan fingerprint density at radius 3 is 3.00 bits per heavy atom. The smallest absolute Gasteiger partial charge is 0.335 e. The first-order valence-corrected chi connectivity index (χ1v) is 6.63. The molecule has 0 atom stereocenters. The minimum atomic E-state index is -0.965. The minimum Gasteiger partial charge on any atom is -0.478 e. The molecule has 8 heteroatoms. The Morgan fingerprint density at radius 1 is 1.53 bits per heavy atom. The van der Waals surface area contributed by atoms with Crippen molar-refractivity contribution >= 4 is 40.7 Å². The fraction of sp³-hybridized carbons (Fsp3) is 0.111. The predicted molar refractivity (Wildman–Crippen MR) is 65.7 cm³/mol. The number of hydrogen-bond acceptors (Lipinski definition) is 6. The van der Waals surface area contributed by atoms with Crippen molar-refractivity contribution in [2.45, 2.75) is 10.8 Å². The lowest BCUT2D eigenvalue weighted by Gasteiger charge is -1.99. The summed E-state index contributed by atoms with van der Waals surface area (Å²) in [5.41, 5.74) is 0.220. The van der Waals surface area contributed by atoms with E-state index >= 15 is 0 Å². The molecule has 0 amide bonds. The van der Waals surface area contributed by atoms with Crippen LogP contribution in [0, 0.1) is 0 Å². The van der Waals surface area contributed by atoms with Gasteiger partial charge in [0, 0.05) is 6.20 Å². The van der Waals surface area contributed by atoms with Gasteiger partial charge in [0.25, 0.3) is 0 Å². The van der Waals surface area contributed by atoms with Crippen molar-refractivity contribution in [1.82, 2.24) is 15.2 Å². The molecule has 1 N–H and O–H groups in total. The Labute approximate surface area is 110 Å². The Balaban J connectivity index is 2.04. The molecular formula is C9H6ClN3O2S2. The van der Waals surface area contributed by atoms with Crippen LogP contribution in [0.15, 0.2) is 23.4 Å². The first-order valence-electron chi connectivity index (χ1n) is 4.45. The van der Waals surface area contributed by atoms with Crippen molar-refractivity contribution in [2.75, 3.05) is 0 Å². The van der Waals surface area contributed by atoms with Gasteiger partial charge in [-0.15, -0.1) is 10.2 Å². The minimum absolute atomic E-state index is 0.220. The van der Waals surface area contributed by atoms with Crippen LogP contribution in [0.3, 0.4) is 0 Å². The molecule has 0 saturated carbocycles. The van der Waals surface area contributed by atoms with Crippen molar-refractivity contribution in [2.24, 2.45) is 0 Å². The Morgan fingerprint density at radius 2 is 2.35 bits per heavy atom. The molecule has 0 aliphatic rings. The van der Waals surface area contributed by atoms with E-state index in [9.17, 15) is 4.79 Å². The maximum atomic E-state index is 10.8. The summed E-state index contributed by atoms with van der Waals surface area (Å²) in [4.78, 5) is 14.8. The largest absolute Gasteiger partial charge is 0.478 e. The molecule has 0 aliphatic heterocycles. The molecule has 0 radical (unpaired) electrons. The van der Waals surface area contributed by atoms with Crippen LogP contribution < -0.4 is 0 Å². The van der Waals surface area contributed by atoms with E-state index in [1.165, 1.54) is 41.4 Å². The molecule has 88 valence electrons. The summed E-state index contributed by atoms with van der Waals surface area (Å²) in [6.07, 6.45) is 1.47. The van der Waals surface area contributed by atoms with E-state index in [0.717, 1.165) is 5.01 Å². The van der Waals surface area contributed by atoms with E-state index in [0.29, 0.717) is 15.2 Å². The molecule has 0 spiro atoms. The zero-order valence-corrected chi connectivity index (χ0v) is 10.7. The third kappa shape index (κ3) is 3.39. The van der Waals surface area contributed by atoms with Gasteiger partial charge in [0.2, 0.25) is 4.47 Å². The summed E-state index contributed by atoms with van der Waals surface area (Å²) >= 11 is 8.34. The van der Waals surface area contributed by atoms with Crippen LogP contribution in [0.2, 0.25) is 4.47 Å². The third-order valence-corrected chi connectivity index (χ3v) is 3.91. The van der Waals surface area contributed by atoms with Gasteiger partial charge >= 0.3 is 5.97 Å². The fourth-order valence-electron chi connectivity index (χ4n) is 1.05. The summed E-state index contributed by atoms with van der Waals surface area (Å²) in [6.45, 7) is 0. The van der Waals surface area contributed by atoms with Gasteiger partial charge in [-0.1, -0.05) is 23.1 Å². The first-order chi connectivity index (χ1) is 8.15. The van der Waals surface area contributed by atoms with Gasteiger partial charge in [-0.05, 0) is 23.7 Å². The number of halogens is 1. The van der Waals surface area contributed by atoms with Gasteiger partial charge < -0.3 is 5.11 Å². The Kier molecular flexibility index (Phi) is 3.93. The maximum Gasteiger partial charge on any atom is 0.335 e. The molecule has 2 aromatic heterocycles. The number of pyridine rings is 1. The topological polar surface area (TPSA) is 76.0 Å². The number of aromatic carboxylic acids is 1. The molecular weight excluding hydrogens is 282 g/mol. The van der Waals surface area contributed by atoms with Gasteiger partial charge in [0.15, 0.2) is 0 Å². The van der Waals surface area contributed by atoms with Crippen molar-refractivity contribution in [1.29, 1.82) is 0 Å². The number of carboxylic acids is 1. The number of rotatable bonds is 4. The average Bonchev–Trinajstić information content (AvgIpc) is 2.73. The maximum absolute atomic E-state index is 10.8. The van der Waals surface area contributed by atoms with Crippen molar-refractivity contribution in [3.8, 4) is 0 Å². The van der Waals surface area contributed by atoms with E-state index in [1.54, 1.807) is 0 Å². The van der Waals surface area contributed by atoms with Crippen LogP contribution in [-0.4, -0.2) is 26.3 Å². The summed E-state index contributed by atoms with van der Waals surface area (Å²) in [7, 11) is 0. The fourth-order valence-corrected chi connectivity index (χ4v) is 2.80. The van der Waals surface area contributed by atoms with E-state index in [4.69, 9.17) is 16.7 Å². The molecule has 2 heterocycles. The van der Waals surface area contributed by atoms with Crippen molar-refractivity contribution in [3.63, 3.8) is 0 Å². The molecule has 2 rings (SSSR count). The number of hydrogen-bond donors (Lipinski definition) is 1. The third-order valence-electron chi connectivity index (χ3n) is 1.77. The highest BCUT2D eigenvalue weighted by molar-refractivity contribution is 7.98. The zero-order valence-electron chi connectivity index (χ0n) is 8.33.